The number of carboxylic acid groups (broad SMARTS) is 1. The number of hydrogen-bond acceptors (Lipinski definition) is 8. The molecule has 4 rings (SSSR count). The lowest BCUT2D eigenvalue weighted by molar-refractivity contribution is 0.0692. The van der Waals surface area contributed by atoms with Gasteiger partial charge in [0.05, 0.1) is 9.13 Å². The second-order valence-corrected chi connectivity index (χ2v) is 14.1. The summed E-state index contributed by atoms with van der Waals surface area (Å²) in [4.78, 5) is 37.4. The smallest absolute Gasteiger partial charge is 0.478 e. The Hall–Kier alpha value is -2.57. The molecule has 0 bridgehead atoms. The fourth-order valence-corrected chi connectivity index (χ4v) is 8.69. The zero-order valence-corrected chi connectivity index (χ0v) is 29.1. The maximum atomic E-state index is 12.8. The molecule has 2 N–H and O–H groups in total. The summed E-state index contributed by atoms with van der Waals surface area (Å²) in [5, 5.41) is 13.3. The summed E-state index contributed by atoms with van der Waals surface area (Å²) < 4.78 is 30.4. The number of hydrogen-bond donors (Lipinski definition) is 2. The Morgan fingerprint density at radius 3 is 2.23 bits per heavy atom. The molecule has 0 saturated heterocycles. The van der Waals surface area contributed by atoms with Crippen LogP contribution in [0.15, 0.2) is 57.7 Å². The number of nitrogens with one attached hydrogen (secondary N) is 1. The molecule has 2 aromatic carbocycles. The number of amides is 1. The number of carbonyl (C=O) groups excluding carboxylic acids is 1. The van der Waals surface area contributed by atoms with E-state index in [1.165, 1.54) is 12.1 Å². The quantitative estimate of drug-likeness (QED) is 0.0633. The third-order valence-electron chi connectivity index (χ3n) is 6.52. The lowest BCUT2D eigenvalue weighted by Crippen LogP contribution is -2.46. The van der Waals surface area contributed by atoms with Crippen molar-refractivity contribution < 1.29 is 37.1 Å². The average Bonchev–Trinajstić information content (AvgIpc) is 2.98. The van der Waals surface area contributed by atoms with Crippen LogP contribution < -0.4 is 15.5 Å². The van der Waals surface area contributed by atoms with E-state index in [9.17, 15) is 19.5 Å². The van der Waals surface area contributed by atoms with Gasteiger partial charge in [0.25, 0.3) is 0 Å². The van der Waals surface area contributed by atoms with E-state index >= 15 is 0 Å². The maximum Gasteiger partial charge on any atom is 0.500 e. The van der Waals surface area contributed by atoms with Crippen molar-refractivity contribution >= 4 is 77.0 Å². The number of rotatable bonds is 13. The van der Waals surface area contributed by atoms with E-state index in [2.05, 4.69) is 5.32 Å². The van der Waals surface area contributed by atoms with E-state index in [1.807, 2.05) is 66.0 Å². The van der Waals surface area contributed by atoms with Gasteiger partial charge in [-0.15, -0.1) is 0 Å². The van der Waals surface area contributed by atoms with Crippen molar-refractivity contribution in [3.8, 4) is 28.2 Å². The first-order chi connectivity index (χ1) is 20.7. The van der Waals surface area contributed by atoms with Crippen molar-refractivity contribution in [3.05, 3.63) is 71.5 Å². The van der Waals surface area contributed by atoms with Crippen molar-refractivity contribution in [2.75, 3.05) is 26.4 Å². The lowest BCUT2D eigenvalue weighted by Gasteiger charge is -2.28. The van der Waals surface area contributed by atoms with Crippen LogP contribution in [0.5, 0.6) is 5.75 Å². The molecule has 0 spiro atoms. The standard InChI is InChI=1S/C30H31I2NO9Si/c1-4-38-43(39-5-2,40-6-3)17-9-16-33-30(37)41-23-15-13-21-24(18-10-7-8-11-19(18)29(35)36)20-12-14-22(34)25(31)27(20)42-28(21)26(23)32/h7-8,10-15H,4-6,9,16-17H2,1-3H3,(H,33,37)(H,35,36). The van der Waals surface area contributed by atoms with E-state index in [-0.39, 0.29) is 16.7 Å². The van der Waals surface area contributed by atoms with Gasteiger partial charge < -0.3 is 32.9 Å². The first kappa shape index (κ1) is 33.3. The zero-order valence-electron chi connectivity index (χ0n) is 23.8. The second kappa shape index (κ2) is 14.9. The molecule has 10 nitrogen and oxygen atoms in total. The van der Waals surface area contributed by atoms with Gasteiger partial charge in [-0.3, -0.25) is 4.79 Å². The zero-order chi connectivity index (χ0) is 31.1. The highest BCUT2D eigenvalue weighted by Crippen LogP contribution is 2.45. The SMILES string of the molecule is CCO[Si](CCCNC(=O)Oc1ccc2c(-c3ccccc3C(=O)O)c3ccc(=O)c(I)c-3oc2c1I)(OCC)OCC. The van der Waals surface area contributed by atoms with Gasteiger partial charge in [-0.05, 0) is 108 Å². The minimum atomic E-state index is -2.82. The monoisotopic (exact) mass is 831 g/mol. The van der Waals surface area contributed by atoms with Crippen molar-refractivity contribution in [2.45, 2.75) is 33.2 Å². The largest absolute Gasteiger partial charge is 0.500 e. The fourth-order valence-electron chi connectivity index (χ4n) is 4.81. The Morgan fingerprint density at radius 1 is 0.907 bits per heavy atom. The van der Waals surface area contributed by atoms with Crippen LogP contribution in [0.2, 0.25) is 6.04 Å². The first-order valence-corrected chi connectivity index (χ1v) is 17.8. The van der Waals surface area contributed by atoms with Crippen LogP contribution in [-0.2, 0) is 13.3 Å². The van der Waals surface area contributed by atoms with Crippen molar-refractivity contribution in [1.29, 1.82) is 0 Å². The van der Waals surface area contributed by atoms with E-state index < -0.39 is 20.9 Å². The number of aromatic carboxylic acids is 1. The van der Waals surface area contributed by atoms with Crippen LogP contribution in [0.25, 0.3) is 33.4 Å². The molecule has 1 amide bonds. The molecule has 228 valence electrons. The van der Waals surface area contributed by atoms with E-state index in [1.54, 1.807) is 36.4 Å². The van der Waals surface area contributed by atoms with Gasteiger partial charge >= 0.3 is 20.9 Å². The van der Waals surface area contributed by atoms with Crippen LogP contribution >= 0.6 is 45.2 Å². The Morgan fingerprint density at radius 2 is 1.58 bits per heavy atom. The van der Waals surface area contributed by atoms with Crippen molar-refractivity contribution in [1.82, 2.24) is 5.32 Å². The first-order valence-electron chi connectivity index (χ1n) is 13.7. The third-order valence-corrected chi connectivity index (χ3v) is 11.7. The molecule has 0 aromatic heterocycles. The summed E-state index contributed by atoms with van der Waals surface area (Å²) in [5.41, 5.74) is 1.92. The average molecular weight is 831 g/mol. The summed E-state index contributed by atoms with van der Waals surface area (Å²) in [6.45, 7) is 7.42. The second-order valence-electron chi connectivity index (χ2n) is 9.24. The molecule has 0 saturated carbocycles. The molecule has 0 radical (unpaired) electrons. The number of halogens is 2. The van der Waals surface area contributed by atoms with Gasteiger partial charge in [-0.25, -0.2) is 9.59 Å². The Kier molecular flexibility index (Phi) is 11.6. The predicted octanol–water partition coefficient (Wildman–Crippen LogP) is 7.00. The highest BCUT2D eigenvalue weighted by molar-refractivity contribution is 14.1. The third kappa shape index (κ3) is 7.39. The molecule has 0 atom stereocenters. The number of fused-ring (bicyclic) bond motifs is 2. The van der Waals surface area contributed by atoms with E-state index in [0.29, 0.717) is 79.4 Å². The van der Waals surface area contributed by atoms with Gasteiger partial charge in [0, 0.05) is 48.9 Å². The van der Waals surface area contributed by atoms with E-state index in [0.717, 1.165) is 0 Å². The number of carbonyl (C=O) groups is 2. The topological polar surface area (TPSA) is 134 Å². The molecule has 13 heteroatoms. The van der Waals surface area contributed by atoms with Crippen LogP contribution in [0, 0.1) is 7.14 Å². The Balaban J connectivity index is 1.65. The molecule has 1 aliphatic carbocycles. The molecule has 1 aliphatic heterocycles. The summed E-state index contributed by atoms with van der Waals surface area (Å²) in [6, 6.07) is 13.7. The minimum absolute atomic E-state index is 0.109. The fraction of sp³-hybridized carbons (Fsp3) is 0.300. The summed E-state index contributed by atoms with van der Waals surface area (Å²) in [5.74, 6) is -0.509. The summed E-state index contributed by atoms with van der Waals surface area (Å²) >= 11 is 3.96. The molecule has 43 heavy (non-hydrogen) atoms. The number of carboxylic acids is 1. The van der Waals surface area contributed by atoms with Crippen LogP contribution in [0.4, 0.5) is 4.79 Å². The Bertz CT molecular complexity index is 1640. The summed E-state index contributed by atoms with van der Waals surface area (Å²) in [6.07, 6.45) is -0.0813. The molecule has 1 heterocycles. The van der Waals surface area contributed by atoms with Crippen LogP contribution in [0.3, 0.4) is 0 Å². The predicted molar refractivity (Wildman–Crippen MR) is 181 cm³/mol. The van der Waals surface area contributed by atoms with Gasteiger partial charge in [0.1, 0.15) is 9.32 Å². The van der Waals surface area contributed by atoms with Crippen molar-refractivity contribution in [3.63, 3.8) is 0 Å². The minimum Gasteiger partial charge on any atom is -0.478 e. The number of benzene rings is 3. The maximum absolute atomic E-state index is 12.8. The molecular formula is C30H31I2NO9Si. The van der Waals surface area contributed by atoms with Crippen LogP contribution in [-0.4, -0.2) is 52.3 Å². The molecule has 2 aliphatic rings. The van der Waals surface area contributed by atoms with Crippen LogP contribution in [0.1, 0.15) is 37.6 Å². The highest BCUT2D eigenvalue weighted by atomic mass is 127. The normalized spacial score (nSPS) is 11.7. The summed E-state index contributed by atoms with van der Waals surface area (Å²) in [7, 11) is -2.82. The van der Waals surface area contributed by atoms with Gasteiger partial charge in [0.15, 0.2) is 16.8 Å². The van der Waals surface area contributed by atoms with Gasteiger partial charge in [-0.2, -0.15) is 0 Å². The molecule has 2 aromatic rings. The van der Waals surface area contributed by atoms with Gasteiger partial charge in [0.2, 0.25) is 0 Å². The highest BCUT2D eigenvalue weighted by Gasteiger charge is 2.39. The molecular weight excluding hydrogens is 800 g/mol. The number of ether oxygens (including phenoxy) is 1. The molecule has 0 unspecified atom stereocenters. The lowest BCUT2D eigenvalue weighted by atomic mass is 9.91. The van der Waals surface area contributed by atoms with Crippen molar-refractivity contribution in [2.24, 2.45) is 0 Å². The molecule has 0 fully saturated rings. The van der Waals surface area contributed by atoms with Gasteiger partial charge in [-0.1, -0.05) is 18.2 Å². The van der Waals surface area contributed by atoms with E-state index in [4.69, 9.17) is 22.4 Å². The Labute approximate surface area is 277 Å².